The minimum absolute atomic E-state index is 0.0743. The van der Waals surface area contributed by atoms with E-state index in [0.717, 1.165) is 25.9 Å². The molecule has 0 spiro atoms. The molecule has 1 saturated heterocycles. The highest BCUT2D eigenvalue weighted by Crippen LogP contribution is 2.39. The van der Waals surface area contributed by atoms with Gasteiger partial charge in [-0.2, -0.15) is 0 Å². The Morgan fingerprint density at radius 1 is 1.17 bits per heavy atom. The molecule has 7 heteroatoms. The van der Waals surface area contributed by atoms with Crippen LogP contribution in [0.15, 0.2) is 12.1 Å². The Balaban J connectivity index is 2.02. The maximum absolute atomic E-state index is 12.2. The van der Waals surface area contributed by atoms with Crippen molar-refractivity contribution in [1.29, 1.82) is 0 Å². The zero-order chi connectivity index (χ0) is 16.8. The largest absolute Gasteiger partial charge is 0.493 e. The van der Waals surface area contributed by atoms with Crippen LogP contribution >= 0.6 is 0 Å². The lowest BCUT2D eigenvalue weighted by molar-refractivity contribution is -0.117. The number of nitrogens with one attached hydrogen (secondary N) is 1. The summed E-state index contributed by atoms with van der Waals surface area (Å²) in [5, 5.41) is 2.87. The van der Waals surface area contributed by atoms with Crippen molar-refractivity contribution in [1.82, 2.24) is 4.90 Å². The van der Waals surface area contributed by atoms with E-state index in [4.69, 9.17) is 19.9 Å². The highest BCUT2D eigenvalue weighted by molar-refractivity contribution is 5.93. The molecule has 1 amide bonds. The lowest BCUT2D eigenvalue weighted by Crippen LogP contribution is -2.43. The van der Waals surface area contributed by atoms with E-state index < -0.39 is 0 Å². The van der Waals surface area contributed by atoms with Crippen molar-refractivity contribution in [3.63, 3.8) is 0 Å². The molecule has 1 fully saturated rings. The van der Waals surface area contributed by atoms with Crippen LogP contribution in [-0.2, 0) is 4.79 Å². The molecular weight excluding hydrogens is 298 g/mol. The first-order valence-electron chi connectivity index (χ1n) is 7.65. The summed E-state index contributed by atoms with van der Waals surface area (Å²) in [5.74, 6) is 1.44. The number of benzene rings is 1. The van der Waals surface area contributed by atoms with Gasteiger partial charge < -0.3 is 25.3 Å². The summed E-state index contributed by atoms with van der Waals surface area (Å²) in [6.45, 7) is 2.05. The number of likely N-dealkylation sites (tertiary alicyclic amines) is 1. The van der Waals surface area contributed by atoms with Crippen molar-refractivity contribution in [2.75, 3.05) is 46.3 Å². The molecule has 3 N–H and O–H groups in total. The van der Waals surface area contributed by atoms with Crippen LogP contribution in [0.25, 0.3) is 0 Å². The fraction of sp³-hybridized carbons (Fsp3) is 0.562. The van der Waals surface area contributed by atoms with Crippen molar-refractivity contribution in [2.45, 2.75) is 18.9 Å². The van der Waals surface area contributed by atoms with E-state index in [0.29, 0.717) is 29.5 Å². The lowest BCUT2D eigenvalue weighted by Gasteiger charge is -2.29. The topological polar surface area (TPSA) is 86.1 Å². The van der Waals surface area contributed by atoms with E-state index in [1.807, 2.05) is 0 Å². The molecule has 0 atom stereocenters. The van der Waals surface area contributed by atoms with Gasteiger partial charge >= 0.3 is 0 Å². The predicted molar refractivity (Wildman–Crippen MR) is 88.4 cm³/mol. The molecule has 1 aliphatic heterocycles. The zero-order valence-corrected chi connectivity index (χ0v) is 13.9. The average molecular weight is 323 g/mol. The van der Waals surface area contributed by atoms with Gasteiger partial charge in [-0.05, 0) is 12.8 Å². The Labute approximate surface area is 136 Å². The van der Waals surface area contributed by atoms with Gasteiger partial charge in [0.15, 0.2) is 11.5 Å². The van der Waals surface area contributed by atoms with Gasteiger partial charge in [-0.15, -0.1) is 0 Å². The van der Waals surface area contributed by atoms with Crippen molar-refractivity contribution in [3.8, 4) is 17.2 Å². The van der Waals surface area contributed by atoms with Gasteiger partial charge in [0.2, 0.25) is 11.7 Å². The first-order valence-corrected chi connectivity index (χ1v) is 7.65. The maximum atomic E-state index is 12.2. The standard InChI is InChI=1S/C16H25N3O4/c1-21-13-8-12(9-14(22-2)16(13)23-3)18-15(20)10-19-6-4-11(17)5-7-19/h8-9,11H,4-7,10,17H2,1-3H3,(H,18,20). The minimum Gasteiger partial charge on any atom is -0.493 e. The molecule has 7 nitrogen and oxygen atoms in total. The van der Waals surface area contributed by atoms with Crippen LogP contribution in [0.2, 0.25) is 0 Å². The molecule has 1 aliphatic rings. The van der Waals surface area contributed by atoms with E-state index in [9.17, 15) is 4.79 Å². The van der Waals surface area contributed by atoms with E-state index >= 15 is 0 Å². The number of nitrogens with two attached hydrogens (primary N) is 1. The van der Waals surface area contributed by atoms with Gasteiger partial charge in [-0.25, -0.2) is 0 Å². The smallest absolute Gasteiger partial charge is 0.238 e. The molecule has 0 radical (unpaired) electrons. The molecule has 0 bridgehead atoms. The number of nitrogens with zero attached hydrogens (tertiary/aromatic N) is 1. The average Bonchev–Trinajstić information content (AvgIpc) is 2.55. The first-order chi connectivity index (χ1) is 11.1. The number of methoxy groups -OCH3 is 3. The quantitative estimate of drug-likeness (QED) is 0.814. The van der Waals surface area contributed by atoms with Gasteiger partial charge in [-0.3, -0.25) is 9.69 Å². The molecule has 1 heterocycles. The molecule has 0 aromatic heterocycles. The van der Waals surface area contributed by atoms with Gasteiger partial charge in [-0.1, -0.05) is 0 Å². The van der Waals surface area contributed by atoms with Crippen LogP contribution in [0.4, 0.5) is 5.69 Å². The highest BCUT2D eigenvalue weighted by atomic mass is 16.5. The molecular formula is C16H25N3O4. The normalized spacial score (nSPS) is 16.0. The summed E-state index contributed by atoms with van der Waals surface area (Å²) in [7, 11) is 4.62. The Kier molecular flexibility index (Phi) is 6.06. The van der Waals surface area contributed by atoms with E-state index in [1.165, 1.54) is 0 Å². The first kappa shape index (κ1) is 17.4. The molecule has 0 unspecified atom stereocenters. The molecule has 1 aromatic carbocycles. The lowest BCUT2D eigenvalue weighted by atomic mass is 10.1. The molecule has 0 aliphatic carbocycles. The van der Waals surface area contributed by atoms with Crippen LogP contribution in [-0.4, -0.2) is 57.8 Å². The molecule has 23 heavy (non-hydrogen) atoms. The summed E-state index contributed by atoms with van der Waals surface area (Å²) in [6.07, 6.45) is 1.86. The van der Waals surface area contributed by atoms with Gasteiger partial charge in [0.1, 0.15) is 0 Å². The van der Waals surface area contributed by atoms with Gasteiger partial charge in [0.05, 0.1) is 27.9 Å². The van der Waals surface area contributed by atoms with Crippen LogP contribution in [0, 0.1) is 0 Å². The summed E-state index contributed by atoms with van der Waals surface area (Å²) < 4.78 is 15.8. The maximum Gasteiger partial charge on any atom is 0.238 e. The monoisotopic (exact) mass is 323 g/mol. The third kappa shape index (κ3) is 4.49. The van der Waals surface area contributed by atoms with Crippen LogP contribution < -0.4 is 25.3 Å². The fourth-order valence-electron chi connectivity index (χ4n) is 2.67. The molecule has 0 saturated carbocycles. The van der Waals surface area contributed by atoms with Crippen molar-refractivity contribution in [2.24, 2.45) is 5.73 Å². The summed E-state index contributed by atoms with van der Waals surface area (Å²) in [4.78, 5) is 14.3. The number of rotatable bonds is 6. The Hall–Kier alpha value is -1.99. The number of ether oxygens (including phenoxy) is 3. The zero-order valence-electron chi connectivity index (χ0n) is 13.9. The van der Waals surface area contributed by atoms with Crippen LogP contribution in [0.1, 0.15) is 12.8 Å². The summed E-state index contributed by atoms with van der Waals surface area (Å²) in [5.41, 5.74) is 6.49. The number of piperidine rings is 1. The fourth-order valence-corrected chi connectivity index (χ4v) is 2.67. The van der Waals surface area contributed by atoms with Crippen molar-refractivity contribution in [3.05, 3.63) is 12.1 Å². The van der Waals surface area contributed by atoms with Gasteiger partial charge in [0, 0.05) is 37.0 Å². The van der Waals surface area contributed by atoms with Crippen LogP contribution in [0.3, 0.4) is 0 Å². The Bertz CT molecular complexity index is 517. The summed E-state index contributed by atoms with van der Waals surface area (Å²) in [6, 6.07) is 3.68. The van der Waals surface area contributed by atoms with E-state index in [2.05, 4.69) is 10.2 Å². The molecule has 2 rings (SSSR count). The van der Waals surface area contributed by atoms with E-state index in [1.54, 1.807) is 33.5 Å². The third-order valence-corrected chi connectivity index (χ3v) is 3.95. The number of carbonyl (C=O) groups is 1. The van der Waals surface area contributed by atoms with Crippen molar-refractivity contribution < 1.29 is 19.0 Å². The molecule has 128 valence electrons. The second-order valence-electron chi connectivity index (χ2n) is 5.58. The Morgan fingerprint density at radius 3 is 2.22 bits per heavy atom. The number of hydrogen-bond acceptors (Lipinski definition) is 6. The molecule has 1 aromatic rings. The number of hydrogen-bond donors (Lipinski definition) is 2. The Morgan fingerprint density at radius 2 is 1.74 bits per heavy atom. The number of carbonyl (C=O) groups excluding carboxylic acids is 1. The third-order valence-electron chi connectivity index (χ3n) is 3.95. The second kappa shape index (κ2) is 8.03. The minimum atomic E-state index is -0.0743. The SMILES string of the molecule is COc1cc(NC(=O)CN2CCC(N)CC2)cc(OC)c1OC. The van der Waals surface area contributed by atoms with Crippen molar-refractivity contribution >= 4 is 11.6 Å². The summed E-state index contributed by atoms with van der Waals surface area (Å²) >= 11 is 0. The van der Waals surface area contributed by atoms with Crippen LogP contribution in [0.5, 0.6) is 17.2 Å². The second-order valence-corrected chi connectivity index (χ2v) is 5.58. The highest BCUT2D eigenvalue weighted by Gasteiger charge is 2.19. The predicted octanol–water partition coefficient (Wildman–Crippen LogP) is 1.07. The van der Waals surface area contributed by atoms with E-state index in [-0.39, 0.29) is 11.9 Å². The number of amides is 1. The van der Waals surface area contributed by atoms with Gasteiger partial charge in [0.25, 0.3) is 0 Å². The number of anilines is 1.